The van der Waals surface area contributed by atoms with Crippen molar-refractivity contribution in [3.05, 3.63) is 122 Å². The van der Waals surface area contributed by atoms with Crippen LogP contribution in [0.1, 0.15) is 226 Å². The molecular formula is C61H98O6. The highest BCUT2D eigenvalue weighted by Crippen LogP contribution is 2.13. The van der Waals surface area contributed by atoms with Crippen molar-refractivity contribution in [1.82, 2.24) is 0 Å². The quantitative estimate of drug-likeness (QED) is 0.0262. The summed E-state index contributed by atoms with van der Waals surface area (Å²) in [6, 6.07) is 0. The van der Waals surface area contributed by atoms with E-state index >= 15 is 0 Å². The topological polar surface area (TPSA) is 78.9 Å². The standard InChI is InChI=1S/C61H98O6/c1-4-7-10-13-16-19-22-25-28-30-33-36-39-42-45-48-51-54-60(63)66-57-58(56-65-59(62)53-50-47-44-41-38-35-32-27-24-21-18-15-12-9-6-3)67-61(64)55-52-49-46-43-40-37-34-31-29-26-23-20-17-14-11-8-5-2/h7,9-10,12,16,18-19,21,25-29,32-33,36,38,41-42,45,58H,4-6,8,11,13-15,17,20,22-24,30-31,34-35,37,39-40,43-44,46-57H2,1-3H3/b10-7-,12-9-,19-16-,21-18-,28-25-,29-26-,32-27-,36-33-,41-38-,45-42-. The lowest BCUT2D eigenvalue weighted by Crippen LogP contribution is -2.30. The van der Waals surface area contributed by atoms with Crippen LogP contribution >= 0.6 is 0 Å². The van der Waals surface area contributed by atoms with Crippen molar-refractivity contribution >= 4 is 17.9 Å². The summed E-state index contributed by atoms with van der Waals surface area (Å²) in [7, 11) is 0. The summed E-state index contributed by atoms with van der Waals surface area (Å²) in [4.78, 5) is 38.0. The first-order valence-corrected chi connectivity index (χ1v) is 27.0. The van der Waals surface area contributed by atoms with Crippen LogP contribution in [0.15, 0.2) is 122 Å². The summed E-state index contributed by atoms with van der Waals surface area (Å²) >= 11 is 0. The Morgan fingerprint density at radius 2 is 0.597 bits per heavy atom. The van der Waals surface area contributed by atoms with Gasteiger partial charge in [0.1, 0.15) is 13.2 Å². The first-order valence-electron chi connectivity index (χ1n) is 27.0. The number of carbonyl (C=O) groups excluding carboxylic acids is 3. The summed E-state index contributed by atoms with van der Waals surface area (Å²) in [5.74, 6) is -1.03. The summed E-state index contributed by atoms with van der Waals surface area (Å²) in [5, 5.41) is 0. The van der Waals surface area contributed by atoms with Crippen LogP contribution in [0.5, 0.6) is 0 Å². The van der Waals surface area contributed by atoms with Crippen LogP contribution in [0.25, 0.3) is 0 Å². The molecule has 0 saturated heterocycles. The Morgan fingerprint density at radius 3 is 1.01 bits per heavy atom. The third-order valence-electron chi connectivity index (χ3n) is 10.9. The maximum absolute atomic E-state index is 12.8. The molecule has 0 saturated carbocycles. The zero-order valence-corrected chi connectivity index (χ0v) is 43.1. The Labute approximate surface area is 412 Å². The van der Waals surface area contributed by atoms with Gasteiger partial charge in [-0.05, 0) is 122 Å². The smallest absolute Gasteiger partial charge is 0.306 e. The maximum Gasteiger partial charge on any atom is 0.306 e. The van der Waals surface area contributed by atoms with Crippen molar-refractivity contribution in [3.8, 4) is 0 Å². The molecule has 0 fully saturated rings. The molecule has 6 nitrogen and oxygen atoms in total. The minimum Gasteiger partial charge on any atom is -0.462 e. The zero-order valence-electron chi connectivity index (χ0n) is 43.1. The number of ether oxygens (including phenoxy) is 3. The molecule has 6 heteroatoms. The molecule has 0 aliphatic carbocycles. The van der Waals surface area contributed by atoms with E-state index in [4.69, 9.17) is 14.2 Å². The number of esters is 3. The van der Waals surface area contributed by atoms with Gasteiger partial charge in [0.15, 0.2) is 6.10 Å². The van der Waals surface area contributed by atoms with E-state index < -0.39 is 6.10 Å². The first-order chi connectivity index (χ1) is 33.0. The van der Waals surface area contributed by atoms with Gasteiger partial charge < -0.3 is 14.2 Å². The number of carbonyl (C=O) groups is 3. The van der Waals surface area contributed by atoms with E-state index in [9.17, 15) is 14.4 Å². The van der Waals surface area contributed by atoms with Gasteiger partial charge in [0.25, 0.3) is 0 Å². The van der Waals surface area contributed by atoms with Gasteiger partial charge in [-0.1, -0.05) is 206 Å². The molecule has 0 aromatic heterocycles. The van der Waals surface area contributed by atoms with E-state index in [1.165, 1.54) is 77.0 Å². The molecule has 0 N–H and O–H groups in total. The average molecular weight is 927 g/mol. The Kier molecular flexibility index (Phi) is 51.0. The lowest BCUT2D eigenvalue weighted by atomic mass is 10.1. The van der Waals surface area contributed by atoms with Crippen LogP contribution in [0.4, 0.5) is 0 Å². The Balaban J connectivity index is 4.56. The minimum absolute atomic E-state index is 0.122. The zero-order chi connectivity index (χ0) is 48.6. The molecule has 378 valence electrons. The van der Waals surface area contributed by atoms with Crippen molar-refractivity contribution in [2.24, 2.45) is 0 Å². The molecule has 0 heterocycles. The lowest BCUT2D eigenvalue weighted by Gasteiger charge is -2.18. The van der Waals surface area contributed by atoms with Crippen molar-refractivity contribution in [2.45, 2.75) is 232 Å². The molecule has 0 amide bonds. The van der Waals surface area contributed by atoms with Crippen LogP contribution in [0, 0.1) is 0 Å². The van der Waals surface area contributed by atoms with Crippen molar-refractivity contribution in [2.75, 3.05) is 13.2 Å². The highest BCUT2D eigenvalue weighted by atomic mass is 16.6. The Morgan fingerprint density at radius 1 is 0.313 bits per heavy atom. The van der Waals surface area contributed by atoms with E-state index in [1.807, 2.05) is 0 Å². The summed E-state index contributed by atoms with van der Waals surface area (Å²) in [5.41, 5.74) is 0. The van der Waals surface area contributed by atoms with Crippen LogP contribution in [-0.4, -0.2) is 37.2 Å². The predicted molar refractivity (Wildman–Crippen MR) is 288 cm³/mol. The second-order valence-electron chi connectivity index (χ2n) is 17.4. The van der Waals surface area contributed by atoms with Crippen LogP contribution in [0.2, 0.25) is 0 Å². The molecular weight excluding hydrogens is 829 g/mol. The number of allylic oxidation sites excluding steroid dienone is 20. The number of hydrogen-bond donors (Lipinski definition) is 0. The molecule has 67 heavy (non-hydrogen) atoms. The monoisotopic (exact) mass is 927 g/mol. The molecule has 0 bridgehead atoms. The fourth-order valence-corrected chi connectivity index (χ4v) is 6.93. The van der Waals surface area contributed by atoms with E-state index in [0.717, 1.165) is 96.3 Å². The van der Waals surface area contributed by atoms with Gasteiger partial charge in [-0.3, -0.25) is 14.4 Å². The average Bonchev–Trinajstić information content (AvgIpc) is 3.33. The van der Waals surface area contributed by atoms with E-state index in [0.29, 0.717) is 25.7 Å². The molecule has 0 rings (SSSR count). The van der Waals surface area contributed by atoms with Crippen LogP contribution in [-0.2, 0) is 28.6 Å². The summed E-state index contributed by atoms with van der Waals surface area (Å²) in [6.45, 7) is 6.31. The second-order valence-corrected chi connectivity index (χ2v) is 17.4. The number of hydrogen-bond acceptors (Lipinski definition) is 6. The van der Waals surface area contributed by atoms with Gasteiger partial charge in [0.05, 0.1) is 0 Å². The second kappa shape index (κ2) is 54.4. The molecule has 1 atom stereocenters. The van der Waals surface area contributed by atoms with Gasteiger partial charge >= 0.3 is 17.9 Å². The van der Waals surface area contributed by atoms with Crippen molar-refractivity contribution < 1.29 is 28.6 Å². The van der Waals surface area contributed by atoms with Crippen LogP contribution < -0.4 is 0 Å². The molecule has 0 aromatic rings. The Hall–Kier alpha value is -4.19. The third kappa shape index (κ3) is 52.6. The van der Waals surface area contributed by atoms with Gasteiger partial charge in [-0.15, -0.1) is 0 Å². The molecule has 0 aliphatic rings. The SMILES string of the molecule is CC/C=C\C/C=C\C/C=C\C/C=C\C/C=C\CCCC(=O)OCC(COC(=O)CCCC/C=C\C/C=C\C/C=C\C/C=C\CC)OC(=O)CCCCCCCCC/C=C\CCCCCCCC. The fraction of sp³-hybridized carbons (Fsp3) is 0.623. The summed E-state index contributed by atoms with van der Waals surface area (Å²) in [6.07, 6.45) is 74.8. The number of rotatable bonds is 47. The molecule has 0 aromatic carbocycles. The molecule has 0 spiro atoms. The van der Waals surface area contributed by atoms with E-state index in [1.54, 1.807) is 0 Å². The van der Waals surface area contributed by atoms with Gasteiger partial charge in [0.2, 0.25) is 0 Å². The van der Waals surface area contributed by atoms with Gasteiger partial charge in [0, 0.05) is 19.3 Å². The lowest BCUT2D eigenvalue weighted by molar-refractivity contribution is -0.167. The Bertz CT molecular complexity index is 1440. The normalized spacial score (nSPS) is 13.1. The van der Waals surface area contributed by atoms with E-state index in [-0.39, 0.29) is 37.5 Å². The van der Waals surface area contributed by atoms with Gasteiger partial charge in [-0.25, -0.2) is 0 Å². The molecule has 1 unspecified atom stereocenters. The van der Waals surface area contributed by atoms with Crippen molar-refractivity contribution in [1.29, 1.82) is 0 Å². The molecule has 0 radical (unpaired) electrons. The third-order valence-corrected chi connectivity index (χ3v) is 10.9. The maximum atomic E-state index is 12.8. The first kappa shape index (κ1) is 62.8. The highest BCUT2D eigenvalue weighted by Gasteiger charge is 2.19. The number of unbranched alkanes of at least 4 members (excludes halogenated alkanes) is 16. The summed E-state index contributed by atoms with van der Waals surface area (Å²) < 4.78 is 16.7. The highest BCUT2D eigenvalue weighted by molar-refractivity contribution is 5.71. The largest absolute Gasteiger partial charge is 0.462 e. The minimum atomic E-state index is -0.824. The van der Waals surface area contributed by atoms with Crippen molar-refractivity contribution in [3.63, 3.8) is 0 Å². The predicted octanol–water partition coefficient (Wildman–Crippen LogP) is 18.1. The van der Waals surface area contributed by atoms with Crippen LogP contribution in [0.3, 0.4) is 0 Å². The van der Waals surface area contributed by atoms with E-state index in [2.05, 4.69) is 142 Å². The fourth-order valence-electron chi connectivity index (χ4n) is 6.93. The molecule has 0 aliphatic heterocycles. The van der Waals surface area contributed by atoms with Gasteiger partial charge in [-0.2, -0.15) is 0 Å².